The molecular weight excluding hydrogens is 452 g/mol. The Morgan fingerprint density at radius 1 is 1.15 bits per heavy atom. The quantitative estimate of drug-likeness (QED) is 0.472. The van der Waals surface area contributed by atoms with Crippen molar-refractivity contribution in [2.24, 2.45) is 0 Å². The van der Waals surface area contributed by atoms with E-state index < -0.39 is 5.60 Å². The van der Waals surface area contributed by atoms with Crippen LogP contribution in [0.2, 0.25) is 5.02 Å². The second-order valence-electron chi connectivity index (χ2n) is 9.47. The largest absolute Gasteiger partial charge is 0.482 e. The molecule has 1 aromatic heterocycles. The van der Waals surface area contributed by atoms with Gasteiger partial charge in [0.15, 0.2) is 11.5 Å². The van der Waals surface area contributed by atoms with Crippen LogP contribution in [0.4, 0.5) is 0 Å². The zero-order valence-corrected chi connectivity index (χ0v) is 20.3. The summed E-state index contributed by atoms with van der Waals surface area (Å²) in [6, 6.07) is 10.9. The molecule has 2 aliphatic rings. The molecule has 0 spiro atoms. The van der Waals surface area contributed by atoms with Crippen molar-refractivity contribution in [3.8, 4) is 5.75 Å². The molecule has 0 bridgehead atoms. The number of hydrogen-bond acceptors (Lipinski definition) is 5. The van der Waals surface area contributed by atoms with Gasteiger partial charge in [0.2, 0.25) is 0 Å². The van der Waals surface area contributed by atoms with Crippen LogP contribution in [0.5, 0.6) is 5.75 Å². The Hall–Kier alpha value is -2.83. The minimum Gasteiger partial charge on any atom is -0.482 e. The third kappa shape index (κ3) is 4.21. The maximum Gasteiger partial charge on any atom is 0.287 e. The zero-order chi connectivity index (χ0) is 23.9. The summed E-state index contributed by atoms with van der Waals surface area (Å²) in [5.74, 6) is 0.468. The highest BCUT2D eigenvalue weighted by atomic mass is 35.5. The molecule has 1 N–H and O–H groups in total. The molecule has 0 saturated carbocycles. The van der Waals surface area contributed by atoms with Crippen LogP contribution in [0.25, 0.3) is 11.0 Å². The standard InChI is InChI=1S/C27H29ClN2O4/c1-17-23-21(33-25(17)26(32)29-12-5-15-30-13-3-4-14-30)10-11-22-24(23)20(31)16-27(2,34-22)18-6-8-19(28)9-7-18/h6-11H,3-5,12-16H2,1-2H3,(H,29,32). The number of ketones is 1. The van der Waals surface area contributed by atoms with Crippen molar-refractivity contribution < 1.29 is 18.7 Å². The van der Waals surface area contributed by atoms with Gasteiger partial charge in [-0.15, -0.1) is 0 Å². The molecule has 3 heterocycles. The van der Waals surface area contributed by atoms with Gasteiger partial charge in [0.25, 0.3) is 5.91 Å². The van der Waals surface area contributed by atoms with E-state index in [2.05, 4.69) is 10.2 Å². The van der Waals surface area contributed by atoms with Crippen LogP contribution in [0.1, 0.15) is 64.6 Å². The monoisotopic (exact) mass is 480 g/mol. The highest BCUT2D eigenvalue weighted by Gasteiger charge is 2.40. The van der Waals surface area contributed by atoms with Gasteiger partial charge in [-0.25, -0.2) is 0 Å². The van der Waals surface area contributed by atoms with E-state index >= 15 is 0 Å². The number of ether oxygens (including phenoxy) is 1. The lowest BCUT2D eigenvalue weighted by molar-refractivity contribution is 0.0507. The van der Waals surface area contributed by atoms with E-state index in [0.717, 1.165) is 31.6 Å². The number of Topliss-reactive ketones (excluding diaryl/α,β-unsaturated/α-hetero) is 1. The third-order valence-electron chi connectivity index (χ3n) is 6.96. The highest BCUT2D eigenvalue weighted by molar-refractivity contribution is 6.30. The average molecular weight is 481 g/mol. The summed E-state index contributed by atoms with van der Waals surface area (Å²) in [5, 5.41) is 4.26. The topological polar surface area (TPSA) is 71.8 Å². The summed E-state index contributed by atoms with van der Waals surface area (Å²) in [6.07, 6.45) is 3.60. The molecule has 7 heteroatoms. The summed E-state index contributed by atoms with van der Waals surface area (Å²) < 4.78 is 12.3. The Morgan fingerprint density at radius 3 is 2.62 bits per heavy atom. The van der Waals surface area contributed by atoms with E-state index in [1.165, 1.54) is 12.8 Å². The number of hydrogen-bond donors (Lipinski definition) is 1. The number of benzene rings is 2. The summed E-state index contributed by atoms with van der Waals surface area (Å²) in [6.45, 7) is 7.61. The Labute approximate surface area is 204 Å². The van der Waals surface area contributed by atoms with E-state index in [0.29, 0.717) is 39.4 Å². The van der Waals surface area contributed by atoms with E-state index in [1.54, 1.807) is 24.3 Å². The number of halogens is 1. The first kappa shape index (κ1) is 22.9. The van der Waals surface area contributed by atoms with Crippen LogP contribution in [-0.2, 0) is 5.60 Å². The summed E-state index contributed by atoms with van der Waals surface area (Å²) in [5.41, 5.74) is 1.75. The van der Waals surface area contributed by atoms with Gasteiger partial charge >= 0.3 is 0 Å². The maximum absolute atomic E-state index is 13.4. The van der Waals surface area contributed by atoms with Crippen molar-refractivity contribution in [3.05, 3.63) is 63.9 Å². The van der Waals surface area contributed by atoms with Crippen LogP contribution in [0.3, 0.4) is 0 Å². The van der Waals surface area contributed by atoms with Gasteiger partial charge in [0, 0.05) is 22.5 Å². The van der Waals surface area contributed by atoms with Crippen molar-refractivity contribution in [2.75, 3.05) is 26.2 Å². The van der Waals surface area contributed by atoms with Gasteiger partial charge in [-0.1, -0.05) is 23.7 Å². The van der Waals surface area contributed by atoms with E-state index in [-0.39, 0.29) is 23.9 Å². The van der Waals surface area contributed by atoms with Crippen LogP contribution in [0, 0.1) is 6.92 Å². The number of aryl methyl sites for hydroxylation is 1. The van der Waals surface area contributed by atoms with Gasteiger partial charge in [-0.3, -0.25) is 9.59 Å². The van der Waals surface area contributed by atoms with Crippen molar-refractivity contribution in [2.45, 2.75) is 45.1 Å². The van der Waals surface area contributed by atoms with Crippen molar-refractivity contribution in [3.63, 3.8) is 0 Å². The van der Waals surface area contributed by atoms with Crippen molar-refractivity contribution >= 4 is 34.3 Å². The normalized spacial score (nSPS) is 20.4. The fourth-order valence-electron chi connectivity index (χ4n) is 5.13. The van der Waals surface area contributed by atoms with Crippen LogP contribution >= 0.6 is 11.6 Å². The van der Waals surface area contributed by atoms with Gasteiger partial charge in [-0.2, -0.15) is 0 Å². The second kappa shape index (κ2) is 9.08. The average Bonchev–Trinajstić information content (AvgIpc) is 3.45. The minimum absolute atomic E-state index is 0.0363. The lowest BCUT2D eigenvalue weighted by Crippen LogP contribution is -2.36. The number of amides is 1. The first-order chi connectivity index (χ1) is 16.4. The maximum atomic E-state index is 13.4. The number of nitrogens with one attached hydrogen (secondary N) is 1. The third-order valence-corrected chi connectivity index (χ3v) is 7.22. The number of rotatable bonds is 6. The number of carbonyl (C=O) groups excluding carboxylic acids is 2. The second-order valence-corrected chi connectivity index (χ2v) is 9.90. The summed E-state index contributed by atoms with van der Waals surface area (Å²) in [7, 11) is 0. The molecule has 3 aromatic rings. The Balaban J connectivity index is 1.37. The molecule has 0 aliphatic carbocycles. The van der Waals surface area contributed by atoms with Gasteiger partial charge in [-0.05, 0) is 82.6 Å². The number of fused-ring (bicyclic) bond motifs is 3. The first-order valence-corrected chi connectivity index (χ1v) is 12.3. The lowest BCUT2D eigenvalue weighted by atomic mass is 9.84. The Kier molecular flexibility index (Phi) is 6.13. The molecule has 1 fully saturated rings. The molecule has 1 atom stereocenters. The van der Waals surface area contributed by atoms with Gasteiger partial charge in [0.1, 0.15) is 16.9 Å². The van der Waals surface area contributed by atoms with Crippen LogP contribution in [0.15, 0.2) is 40.8 Å². The number of nitrogens with zero attached hydrogens (tertiary/aromatic N) is 1. The lowest BCUT2D eigenvalue weighted by Gasteiger charge is -2.35. The molecule has 6 nitrogen and oxygen atoms in total. The molecule has 5 rings (SSSR count). The van der Waals surface area contributed by atoms with Gasteiger partial charge in [0.05, 0.1) is 12.0 Å². The number of carbonyl (C=O) groups is 2. The van der Waals surface area contributed by atoms with Crippen molar-refractivity contribution in [1.82, 2.24) is 10.2 Å². The predicted molar refractivity (Wildman–Crippen MR) is 132 cm³/mol. The fraction of sp³-hybridized carbons (Fsp3) is 0.407. The van der Waals surface area contributed by atoms with Crippen LogP contribution < -0.4 is 10.1 Å². The smallest absolute Gasteiger partial charge is 0.287 e. The summed E-state index contributed by atoms with van der Waals surface area (Å²) >= 11 is 6.03. The van der Waals surface area contributed by atoms with E-state index in [9.17, 15) is 9.59 Å². The van der Waals surface area contributed by atoms with Crippen LogP contribution in [-0.4, -0.2) is 42.8 Å². The van der Waals surface area contributed by atoms with E-state index in [4.69, 9.17) is 20.8 Å². The SMILES string of the molecule is Cc1c(C(=O)NCCCN2CCCC2)oc2ccc3c(c12)C(=O)CC(C)(c1ccc(Cl)cc1)O3. The molecule has 1 amide bonds. The fourth-order valence-corrected chi connectivity index (χ4v) is 5.25. The summed E-state index contributed by atoms with van der Waals surface area (Å²) in [4.78, 5) is 28.6. The first-order valence-electron chi connectivity index (χ1n) is 11.9. The van der Waals surface area contributed by atoms with E-state index in [1.807, 2.05) is 26.0 Å². The van der Waals surface area contributed by atoms with Gasteiger partial charge < -0.3 is 19.4 Å². The Morgan fingerprint density at radius 2 is 1.88 bits per heavy atom. The molecule has 0 radical (unpaired) electrons. The molecule has 2 aromatic carbocycles. The molecule has 34 heavy (non-hydrogen) atoms. The number of furan rings is 1. The van der Waals surface area contributed by atoms with Crippen molar-refractivity contribution in [1.29, 1.82) is 0 Å². The Bertz CT molecular complexity index is 1240. The molecule has 178 valence electrons. The predicted octanol–water partition coefficient (Wildman–Crippen LogP) is 5.49. The highest BCUT2D eigenvalue weighted by Crippen LogP contribution is 2.44. The molecule has 1 saturated heterocycles. The molecular formula is C27H29ClN2O4. The minimum atomic E-state index is -0.796. The number of likely N-dealkylation sites (tertiary alicyclic amines) is 1. The zero-order valence-electron chi connectivity index (χ0n) is 19.6. The molecule has 1 unspecified atom stereocenters. The molecule has 2 aliphatic heterocycles.